The predicted molar refractivity (Wildman–Crippen MR) is 91.2 cm³/mol. The van der Waals surface area contributed by atoms with Gasteiger partial charge in [-0.15, -0.1) is 11.8 Å². The average molecular weight is 301 g/mol. The van der Waals surface area contributed by atoms with Gasteiger partial charge in [0.15, 0.2) is 0 Å². The van der Waals surface area contributed by atoms with Crippen molar-refractivity contribution in [2.75, 3.05) is 18.9 Å². The van der Waals surface area contributed by atoms with Crippen LogP contribution in [-0.2, 0) is 0 Å². The smallest absolute Gasteiger partial charge is 0.119 e. The minimum Gasteiger partial charge on any atom is -0.493 e. The van der Waals surface area contributed by atoms with Crippen LogP contribution in [0.2, 0.25) is 0 Å². The summed E-state index contributed by atoms with van der Waals surface area (Å²) in [6, 6.07) is 19.2. The van der Waals surface area contributed by atoms with E-state index in [2.05, 4.69) is 43.4 Å². The summed E-state index contributed by atoms with van der Waals surface area (Å²) >= 11 is 1.83. The molecule has 0 fully saturated rings. The molecular weight excluding hydrogens is 278 g/mol. The lowest BCUT2D eigenvalue weighted by molar-refractivity contribution is 0.344. The van der Waals surface area contributed by atoms with E-state index in [0.717, 1.165) is 24.7 Å². The van der Waals surface area contributed by atoms with Crippen molar-refractivity contribution in [3.8, 4) is 5.75 Å². The number of para-hydroxylation sites is 1. The Balaban J connectivity index is 1.73. The molecule has 1 atom stereocenters. The summed E-state index contributed by atoms with van der Waals surface area (Å²) < 4.78 is 5.69. The molecule has 1 unspecified atom stereocenters. The summed E-state index contributed by atoms with van der Waals surface area (Å²) in [5.74, 6) is 1.89. The SMILES string of the molecule is CCNC(C)c1ccc(SCCOc2ccccc2)cc1. The van der Waals surface area contributed by atoms with Crippen LogP contribution in [0.15, 0.2) is 59.5 Å². The number of nitrogens with one attached hydrogen (secondary N) is 1. The van der Waals surface area contributed by atoms with Crippen molar-refractivity contribution in [3.05, 3.63) is 60.2 Å². The molecule has 112 valence electrons. The molecule has 21 heavy (non-hydrogen) atoms. The molecule has 0 heterocycles. The van der Waals surface area contributed by atoms with Crippen LogP contribution in [0.25, 0.3) is 0 Å². The maximum atomic E-state index is 5.69. The van der Waals surface area contributed by atoms with Crippen LogP contribution in [-0.4, -0.2) is 18.9 Å². The van der Waals surface area contributed by atoms with Gasteiger partial charge in [-0.25, -0.2) is 0 Å². The van der Waals surface area contributed by atoms with E-state index in [0.29, 0.717) is 6.04 Å². The third kappa shape index (κ3) is 5.44. The Labute approximate surface area is 131 Å². The van der Waals surface area contributed by atoms with E-state index < -0.39 is 0 Å². The van der Waals surface area contributed by atoms with Crippen molar-refractivity contribution in [2.45, 2.75) is 24.8 Å². The first-order valence-corrected chi connectivity index (χ1v) is 8.42. The van der Waals surface area contributed by atoms with Gasteiger partial charge in [0.1, 0.15) is 5.75 Å². The van der Waals surface area contributed by atoms with Crippen molar-refractivity contribution in [2.24, 2.45) is 0 Å². The molecule has 1 N–H and O–H groups in total. The molecule has 0 saturated heterocycles. The van der Waals surface area contributed by atoms with E-state index in [-0.39, 0.29) is 0 Å². The van der Waals surface area contributed by atoms with E-state index in [9.17, 15) is 0 Å². The highest BCUT2D eigenvalue weighted by Gasteiger charge is 2.03. The summed E-state index contributed by atoms with van der Waals surface area (Å²) in [4.78, 5) is 1.29. The first-order valence-electron chi connectivity index (χ1n) is 7.43. The van der Waals surface area contributed by atoms with Crippen LogP contribution in [0.5, 0.6) is 5.75 Å². The lowest BCUT2D eigenvalue weighted by Crippen LogP contribution is -2.17. The fourth-order valence-electron chi connectivity index (χ4n) is 2.11. The van der Waals surface area contributed by atoms with Crippen LogP contribution in [0.4, 0.5) is 0 Å². The van der Waals surface area contributed by atoms with Crippen molar-refractivity contribution in [1.29, 1.82) is 0 Å². The Morgan fingerprint density at radius 3 is 2.43 bits per heavy atom. The molecular formula is C18H23NOS. The van der Waals surface area contributed by atoms with Gasteiger partial charge in [0.2, 0.25) is 0 Å². The van der Waals surface area contributed by atoms with Gasteiger partial charge in [0.05, 0.1) is 6.61 Å². The number of benzene rings is 2. The summed E-state index contributed by atoms with van der Waals surface area (Å²) in [5.41, 5.74) is 1.33. The number of hydrogen-bond donors (Lipinski definition) is 1. The number of rotatable bonds is 8. The van der Waals surface area contributed by atoms with Crippen LogP contribution in [0.1, 0.15) is 25.5 Å². The Hall–Kier alpha value is -1.45. The van der Waals surface area contributed by atoms with Crippen molar-refractivity contribution < 1.29 is 4.74 Å². The van der Waals surface area contributed by atoms with E-state index in [1.807, 2.05) is 42.1 Å². The number of ether oxygens (including phenoxy) is 1. The Bertz CT molecular complexity index is 513. The molecule has 0 bridgehead atoms. The molecule has 0 saturated carbocycles. The highest BCUT2D eigenvalue weighted by molar-refractivity contribution is 7.99. The van der Waals surface area contributed by atoms with E-state index in [1.54, 1.807) is 0 Å². The van der Waals surface area contributed by atoms with E-state index in [4.69, 9.17) is 4.74 Å². The maximum absolute atomic E-state index is 5.69. The van der Waals surface area contributed by atoms with Gasteiger partial charge in [-0.05, 0) is 43.3 Å². The predicted octanol–water partition coefficient (Wildman–Crippen LogP) is 4.53. The monoisotopic (exact) mass is 301 g/mol. The highest BCUT2D eigenvalue weighted by atomic mass is 32.2. The largest absolute Gasteiger partial charge is 0.493 e. The summed E-state index contributed by atoms with van der Waals surface area (Å²) in [5, 5.41) is 3.42. The standard InChI is InChI=1S/C18H23NOS/c1-3-19-15(2)16-9-11-18(12-10-16)21-14-13-20-17-7-5-4-6-8-17/h4-12,15,19H,3,13-14H2,1-2H3. The van der Waals surface area contributed by atoms with Crippen molar-refractivity contribution in [3.63, 3.8) is 0 Å². The summed E-state index contributed by atoms with van der Waals surface area (Å²) in [6.45, 7) is 6.05. The van der Waals surface area contributed by atoms with Gasteiger partial charge >= 0.3 is 0 Å². The topological polar surface area (TPSA) is 21.3 Å². The third-order valence-corrected chi connectivity index (χ3v) is 4.23. The van der Waals surface area contributed by atoms with Gasteiger partial charge in [-0.2, -0.15) is 0 Å². The third-order valence-electron chi connectivity index (χ3n) is 3.25. The molecule has 3 heteroatoms. The molecule has 0 aromatic heterocycles. The normalized spacial score (nSPS) is 12.1. The molecule has 0 aliphatic rings. The fraction of sp³-hybridized carbons (Fsp3) is 0.333. The zero-order valence-corrected chi connectivity index (χ0v) is 13.5. The summed E-state index contributed by atoms with van der Waals surface area (Å²) in [7, 11) is 0. The molecule has 0 amide bonds. The lowest BCUT2D eigenvalue weighted by atomic mass is 10.1. The molecule has 0 spiro atoms. The van der Waals surface area contributed by atoms with Crippen LogP contribution in [0.3, 0.4) is 0 Å². The number of hydrogen-bond acceptors (Lipinski definition) is 3. The molecule has 2 aromatic rings. The molecule has 0 aliphatic carbocycles. The minimum absolute atomic E-state index is 0.412. The fourth-order valence-corrected chi connectivity index (χ4v) is 2.84. The lowest BCUT2D eigenvalue weighted by Gasteiger charge is -2.13. The Kier molecular flexibility index (Phi) is 6.64. The molecule has 0 radical (unpaired) electrons. The van der Waals surface area contributed by atoms with Crippen LogP contribution < -0.4 is 10.1 Å². The van der Waals surface area contributed by atoms with Gasteiger partial charge < -0.3 is 10.1 Å². The van der Waals surface area contributed by atoms with Gasteiger partial charge in [-0.3, -0.25) is 0 Å². The van der Waals surface area contributed by atoms with Crippen LogP contribution >= 0.6 is 11.8 Å². The second-order valence-electron chi connectivity index (χ2n) is 4.86. The first-order chi connectivity index (χ1) is 10.3. The Morgan fingerprint density at radius 1 is 1.05 bits per heavy atom. The van der Waals surface area contributed by atoms with Crippen molar-refractivity contribution in [1.82, 2.24) is 5.32 Å². The first kappa shape index (κ1) is 15.9. The quantitative estimate of drug-likeness (QED) is 0.572. The van der Waals surface area contributed by atoms with Crippen LogP contribution in [0, 0.1) is 0 Å². The minimum atomic E-state index is 0.412. The van der Waals surface area contributed by atoms with E-state index >= 15 is 0 Å². The van der Waals surface area contributed by atoms with Gasteiger partial charge in [0, 0.05) is 16.7 Å². The zero-order valence-electron chi connectivity index (χ0n) is 12.7. The van der Waals surface area contributed by atoms with Gasteiger partial charge in [0.25, 0.3) is 0 Å². The maximum Gasteiger partial charge on any atom is 0.119 e. The average Bonchev–Trinajstić information content (AvgIpc) is 2.53. The second-order valence-corrected chi connectivity index (χ2v) is 6.03. The van der Waals surface area contributed by atoms with Gasteiger partial charge in [-0.1, -0.05) is 37.3 Å². The summed E-state index contributed by atoms with van der Waals surface area (Å²) in [6.07, 6.45) is 0. The molecule has 2 aromatic carbocycles. The highest BCUT2D eigenvalue weighted by Crippen LogP contribution is 2.21. The molecule has 2 rings (SSSR count). The number of thioether (sulfide) groups is 1. The second kappa shape index (κ2) is 8.75. The zero-order chi connectivity index (χ0) is 14.9. The Morgan fingerprint density at radius 2 is 1.76 bits per heavy atom. The molecule has 2 nitrogen and oxygen atoms in total. The van der Waals surface area contributed by atoms with E-state index in [1.165, 1.54) is 10.5 Å². The van der Waals surface area contributed by atoms with Crippen molar-refractivity contribution >= 4 is 11.8 Å². The molecule has 0 aliphatic heterocycles.